The number of hydrogen-bond acceptors (Lipinski definition) is 3. The van der Waals surface area contributed by atoms with Crippen LogP contribution in [0.5, 0.6) is 0 Å². The molecular formula is C11H22N2OS. The van der Waals surface area contributed by atoms with Crippen LogP contribution in [0.15, 0.2) is 0 Å². The summed E-state index contributed by atoms with van der Waals surface area (Å²) in [6.07, 6.45) is 5.59. The van der Waals surface area contributed by atoms with Gasteiger partial charge in [0, 0.05) is 24.9 Å². The molecule has 1 amide bonds. The maximum atomic E-state index is 11.8. The lowest BCUT2D eigenvalue weighted by molar-refractivity contribution is -0.130. The quantitative estimate of drug-likeness (QED) is 0.716. The number of nitrogens with one attached hydrogen (secondary N) is 1. The second-order valence-electron chi connectivity index (χ2n) is 4.18. The van der Waals surface area contributed by atoms with Gasteiger partial charge in [-0.25, -0.2) is 0 Å². The van der Waals surface area contributed by atoms with Crippen LogP contribution in [0.2, 0.25) is 0 Å². The fourth-order valence-electron chi connectivity index (χ4n) is 1.54. The lowest BCUT2D eigenvalue weighted by Crippen LogP contribution is -2.43. The normalized spacial score (nSPS) is 17.5. The van der Waals surface area contributed by atoms with Crippen LogP contribution in [-0.4, -0.2) is 48.5 Å². The highest BCUT2D eigenvalue weighted by atomic mass is 32.2. The zero-order valence-corrected chi connectivity index (χ0v) is 10.8. The van der Waals surface area contributed by atoms with E-state index in [1.807, 2.05) is 11.9 Å². The van der Waals surface area contributed by atoms with Gasteiger partial charge < -0.3 is 10.2 Å². The van der Waals surface area contributed by atoms with E-state index in [4.69, 9.17) is 0 Å². The third kappa shape index (κ3) is 4.43. The molecule has 1 saturated carbocycles. The highest BCUT2D eigenvalue weighted by Gasteiger charge is 2.23. The van der Waals surface area contributed by atoms with Crippen LogP contribution in [-0.2, 0) is 4.79 Å². The van der Waals surface area contributed by atoms with Crippen molar-refractivity contribution < 1.29 is 4.79 Å². The number of amides is 1. The van der Waals surface area contributed by atoms with Crippen LogP contribution in [0.3, 0.4) is 0 Å². The first-order valence-corrected chi connectivity index (χ1v) is 7.06. The van der Waals surface area contributed by atoms with Crippen molar-refractivity contribution in [3.8, 4) is 0 Å². The molecule has 1 aliphatic rings. The molecule has 1 unspecified atom stereocenters. The zero-order valence-electron chi connectivity index (χ0n) is 9.95. The first-order valence-electron chi connectivity index (χ1n) is 5.67. The number of carbonyl (C=O) groups excluding carboxylic acids is 1. The van der Waals surface area contributed by atoms with E-state index in [1.165, 1.54) is 12.8 Å². The minimum absolute atomic E-state index is 0.225. The Labute approximate surface area is 97.0 Å². The Morgan fingerprint density at radius 2 is 2.27 bits per heavy atom. The van der Waals surface area contributed by atoms with Gasteiger partial charge >= 0.3 is 0 Å². The smallest absolute Gasteiger partial charge is 0.236 e. The van der Waals surface area contributed by atoms with Gasteiger partial charge in [-0.15, -0.1) is 0 Å². The third-order valence-electron chi connectivity index (χ3n) is 2.89. The highest BCUT2D eigenvalue weighted by Crippen LogP contribution is 2.18. The molecule has 15 heavy (non-hydrogen) atoms. The zero-order chi connectivity index (χ0) is 11.3. The summed E-state index contributed by atoms with van der Waals surface area (Å²) in [7, 11) is 1.92. The number of likely N-dealkylation sites (N-methyl/N-ethyl adjacent to an activating group) is 1. The van der Waals surface area contributed by atoms with Gasteiger partial charge in [-0.1, -0.05) is 6.92 Å². The molecule has 88 valence electrons. The van der Waals surface area contributed by atoms with Gasteiger partial charge in [0.25, 0.3) is 0 Å². The molecule has 1 aliphatic carbocycles. The van der Waals surface area contributed by atoms with Gasteiger partial charge in [0.1, 0.15) is 0 Å². The molecule has 0 saturated heterocycles. The Kier molecular flexibility index (Phi) is 5.47. The SMILES string of the molecule is CCC(CSC)N(C)C(=O)CNC1CC1. The van der Waals surface area contributed by atoms with Gasteiger partial charge in [0.05, 0.1) is 6.54 Å². The van der Waals surface area contributed by atoms with Crippen LogP contribution in [0.4, 0.5) is 0 Å². The average Bonchev–Trinajstić information content (AvgIpc) is 3.05. The van der Waals surface area contributed by atoms with Crippen molar-refractivity contribution in [1.29, 1.82) is 0 Å². The predicted octanol–water partition coefficient (Wildman–Crippen LogP) is 1.34. The molecular weight excluding hydrogens is 208 g/mol. The Balaban J connectivity index is 2.27. The molecule has 1 atom stereocenters. The topological polar surface area (TPSA) is 32.3 Å². The van der Waals surface area contributed by atoms with E-state index in [9.17, 15) is 4.79 Å². The summed E-state index contributed by atoms with van der Waals surface area (Å²) in [5.41, 5.74) is 0. The molecule has 3 nitrogen and oxygen atoms in total. The van der Waals surface area contributed by atoms with E-state index in [2.05, 4.69) is 18.5 Å². The minimum Gasteiger partial charge on any atom is -0.341 e. The summed E-state index contributed by atoms with van der Waals surface area (Å²) in [5, 5.41) is 3.26. The molecule has 0 aromatic heterocycles. The van der Waals surface area contributed by atoms with E-state index >= 15 is 0 Å². The van der Waals surface area contributed by atoms with E-state index in [0.29, 0.717) is 18.6 Å². The summed E-state index contributed by atoms with van der Waals surface area (Å²) >= 11 is 1.80. The van der Waals surface area contributed by atoms with Crippen molar-refractivity contribution in [3.63, 3.8) is 0 Å². The molecule has 1 fully saturated rings. The Hall–Kier alpha value is -0.220. The Bertz CT molecular complexity index is 207. The Morgan fingerprint density at radius 3 is 2.73 bits per heavy atom. The number of rotatable bonds is 7. The molecule has 4 heteroatoms. The lowest BCUT2D eigenvalue weighted by Gasteiger charge is -2.26. The summed E-state index contributed by atoms with van der Waals surface area (Å²) in [6, 6.07) is 0.997. The third-order valence-corrected chi connectivity index (χ3v) is 3.61. The predicted molar refractivity (Wildman–Crippen MR) is 66.3 cm³/mol. The van der Waals surface area contributed by atoms with Crippen LogP contribution < -0.4 is 5.32 Å². The van der Waals surface area contributed by atoms with E-state index in [1.54, 1.807) is 11.8 Å². The molecule has 0 aromatic rings. The lowest BCUT2D eigenvalue weighted by atomic mass is 10.2. The van der Waals surface area contributed by atoms with Gasteiger partial charge in [-0.05, 0) is 25.5 Å². The number of hydrogen-bond donors (Lipinski definition) is 1. The van der Waals surface area contributed by atoms with Crippen molar-refractivity contribution in [1.82, 2.24) is 10.2 Å². The number of nitrogens with zero attached hydrogens (tertiary/aromatic N) is 1. The average molecular weight is 230 g/mol. The van der Waals surface area contributed by atoms with E-state index in [0.717, 1.165) is 12.2 Å². The van der Waals surface area contributed by atoms with Crippen molar-refractivity contribution in [2.75, 3.05) is 25.6 Å². The second-order valence-corrected chi connectivity index (χ2v) is 5.09. The summed E-state index contributed by atoms with van der Waals surface area (Å²) < 4.78 is 0. The van der Waals surface area contributed by atoms with Gasteiger partial charge in [-0.3, -0.25) is 4.79 Å². The molecule has 1 N–H and O–H groups in total. The van der Waals surface area contributed by atoms with Crippen LogP contribution >= 0.6 is 11.8 Å². The second kappa shape index (κ2) is 6.38. The van der Waals surface area contributed by atoms with E-state index < -0.39 is 0 Å². The standard InChI is InChI=1S/C11H22N2OS/c1-4-10(8-15-3)13(2)11(14)7-12-9-5-6-9/h9-10,12H,4-8H2,1-3H3. The first kappa shape index (κ1) is 12.8. The van der Waals surface area contributed by atoms with E-state index in [-0.39, 0.29) is 5.91 Å². The van der Waals surface area contributed by atoms with Gasteiger partial charge in [0.15, 0.2) is 0 Å². The van der Waals surface area contributed by atoms with Crippen LogP contribution in [0.1, 0.15) is 26.2 Å². The van der Waals surface area contributed by atoms with Crippen molar-refractivity contribution >= 4 is 17.7 Å². The highest BCUT2D eigenvalue weighted by molar-refractivity contribution is 7.98. The monoisotopic (exact) mass is 230 g/mol. The number of thioether (sulfide) groups is 1. The van der Waals surface area contributed by atoms with Crippen LogP contribution in [0.25, 0.3) is 0 Å². The number of carbonyl (C=O) groups is 1. The maximum absolute atomic E-state index is 11.8. The fourth-order valence-corrected chi connectivity index (χ4v) is 2.39. The van der Waals surface area contributed by atoms with Gasteiger partial charge in [-0.2, -0.15) is 11.8 Å². The van der Waals surface area contributed by atoms with Crippen LogP contribution in [0, 0.1) is 0 Å². The molecule has 0 heterocycles. The van der Waals surface area contributed by atoms with Crippen molar-refractivity contribution in [2.24, 2.45) is 0 Å². The van der Waals surface area contributed by atoms with Gasteiger partial charge in [0.2, 0.25) is 5.91 Å². The molecule has 0 radical (unpaired) electrons. The molecule has 0 aromatic carbocycles. The molecule has 0 bridgehead atoms. The fraction of sp³-hybridized carbons (Fsp3) is 0.909. The van der Waals surface area contributed by atoms with Crippen molar-refractivity contribution in [2.45, 2.75) is 38.3 Å². The van der Waals surface area contributed by atoms with Crippen molar-refractivity contribution in [3.05, 3.63) is 0 Å². The molecule has 1 rings (SSSR count). The minimum atomic E-state index is 0.225. The summed E-state index contributed by atoms with van der Waals surface area (Å²) in [6.45, 7) is 2.64. The summed E-state index contributed by atoms with van der Waals surface area (Å²) in [5.74, 6) is 1.25. The Morgan fingerprint density at radius 1 is 1.60 bits per heavy atom. The maximum Gasteiger partial charge on any atom is 0.236 e. The largest absolute Gasteiger partial charge is 0.341 e. The molecule has 0 spiro atoms. The molecule has 0 aliphatic heterocycles. The summed E-state index contributed by atoms with van der Waals surface area (Å²) in [4.78, 5) is 13.7. The first-order chi connectivity index (χ1) is 7.19.